The molecular formula is C8H14F5NOS. The van der Waals surface area contributed by atoms with Gasteiger partial charge in [-0.05, 0) is 13.3 Å². The Kier molecular flexibility index (Phi) is 6.57. The van der Waals surface area contributed by atoms with Crippen molar-refractivity contribution in [2.24, 2.45) is 11.1 Å². The molecule has 2 N–H and O–H groups in total. The number of hydrogen-bond donors (Lipinski definition) is 1. The lowest BCUT2D eigenvalue weighted by atomic mass is 9.98. The Morgan fingerprint density at radius 1 is 1.31 bits per heavy atom. The van der Waals surface area contributed by atoms with E-state index < -0.39 is 48.0 Å². The van der Waals surface area contributed by atoms with Crippen molar-refractivity contribution in [3.8, 4) is 0 Å². The lowest BCUT2D eigenvalue weighted by molar-refractivity contribution is -0.140. The summed E-state index contributed by atoms with van der Waals surface area (Å²) in [6.07, 6.45) is -9.49. The van der Waals surface area contributed by atoms with Crippen LogP contribution in [0.25, 0.3) is 0 Å². The van der Waals surface area contributed by atoms with Crippen molar-refractivity contribution >= 4 is 11.4 Å². The van der Waals surface area contributed by atoms with E-state index in [0.29, 0.717) is 0 Å². The van der Waals surface area contributed by atoms with E-state index in [4.69, 9.17) is 5.14 Å². The van der Waals surface area contributed by atoms with Crippen LogP contribution in [0.1, 0.15) is 26.2 Å². The van der Waals surface area contributed by atoms with Gasteiger partial charge in [-0.25, -0.2) is 8.78 Å². The van der Waals surface area contributed by atoms with Crippen LogP contribution in [-0.4, -0.2) is 22.4 Å². The van der Waals surface area contributed by atoms with Gasteiger partial charge in [-0.3, -0.25) is 0 Å². The van der Waals surface area contributed by atoms with Crippen LogP contribution >= 0.6 is 0 Å². The Hall–Kier alpha value is -0.0800. The molecule has 0 spiro atoms. The lowest BCUT2D eigenvalue weighted by Crippen LogP contribution is -2.30. The van der Waals surface area contributed by atoms with Gasteiger partial charge < -0.3 is 4.55 Å². The van der Waals surface area contributed by atoms with Gasteiger partial charge in [-0.1, -0.05) is 0 Å². The molecule has 0 radical (unpaired) electrons. The molecule has 16 heavy (non-hydrogen) atoms. The van der Waals surface area contributed by atoms with Crippen molar-refractivity contribution in [2.75, 3.05) is 0 Å². The first-order valence-corrected chi connectivity index (χ1v) is 5.91. The number of nitrogens with two attached hydrogens (primary N) is 1. The maximum Gasteiger partial charge on any atom is 0.389 e. The van der Waals surface area contributed by atoms with Crippen molar-refractivity contribution < 1.29 is 26.5 Å². The molecule has 8 heteroatoms. The van der Waals surface area contributed by atoms with E-state index >= 15 is 0 Å². The number of alkyl halides is 5. The third-order valence-corrected chi connectivity index (χ3v) is 3.17. The van der Waals surface area contributed by atoms with Gasteiger partial charge in [0.1, 0.15) is 5.25 Å². The van der Waals surface area contributed by atoms with E-state index in [1.165, 1.54) is 6.92 Å². The average Bonchev–Trinajstić information content (AvgIpc) is 2.09. The van der Waals surface area contributed by atoms with Gasteiger partial charge in [-0.2, -0.15) is 18.3 Å². The topological polar surface area (TPSA) is 49.1 Å². The van der Waals surface area contributed by atoms with E-state index in [1.54, 1.807) is 0 Å². The van der Waals surface area contributed by atoms with E-state index in [1.807, 2.05) is 0 Å². The Morgan fingerprint density at radius 2 is 1.81 bits per heavy atom. The second-order valence-electron chi connectivity index (χ2n) is 3.62. The van der Waals surface area contributed by atoms with Gasteiger partial charge >= 0.3 is 6.18 Å². The monoisotopic (exact) mass is 267 g/mol. The molecule has 0 aliphatic rings. The van der Waals surface area contributed by atoms with Crippen LogP contribution in [0.2, 0.25) is 0 Å². The van der Waals surface area contributed by atoms with E-state index in [0.717, 1.165) is 0 Å². The molecule has 0 saturated carbocycles. The summed E-state index contributed by atoms with van der Waals surface area (Å²) < 4.78 is 71.0. The fraction of sp³-hybridized carbons (Fsp3) is 1.00. The Labute approximate surface area is 93.7 Å². The van der Waals surface area contributed by atoms with Gasteiger partial charge in [0, 0.05) is 30.1 Å². The van der Waals surface area contributed by atoms with Crippen LogP contribution < -0.4 is 5.14 Å². The van der Waals surface area contributed by atoms with Crippen LogP contribution in [0.3, 0.4) is 0 Å². The molecule has 3 atom stereocenters. The van der Waals surface area contributed by atoms with Crippen molar-refractivity contribution in [2.45, 2.75) is 44.0 Å². The van der Waals surface area contributed by atoms with Crippen molar-refractivity contribution in [3.63, 3.8) is 0 Å². The summed E-state index contributed by atoms with van der Waals surface area (Å²) in [5.74, 6) is -1.41. The third-order valence-electron chi connectivity index (χ3n) is 2.19. The van der Waals surface area contributed by atoms with Gasteiger partial charge in [0.2, 0.25) is 6.43 Å². The number of halogens is 5. The molecule has 0 aromatic rings. The highest BCUT2D eigenvalue weighted by Crippen LogP contribution is 2.29. The molecule has 2 nitrogen and oxygen atoms in total. The second kappa shape index (κ2) is 6.61. The predicted octanol–water partition coefficient (Wildman–Crippen LogP) is 2.61. The summed E-state index contributed by atoms with van der Waals surface area (Å²) in [5, 5.41) is 4.24. The zero-order chi connectivity index (χ0) is 12.9. The maximum atomic E-state index is 12.4. The predicted molar refractivity (Wildman–Crippen MR) is 51.2 cm³/mol. The number of rotatable bonds is 6. The quantitative estimate of drug-likeness (QED) is 0.594. The Morgan fingerprint density at radius 3 is 2.12 bits per heavy atom. The molecule has 0 aromatic heterocycles. The first-order chi connectivity index (χ1) is 7.13. The molecule has 0 fully saturated rings. The van der Waals surface area contributed by atoms with Crippen LogP contribution in [-0.2, 0) is 11.4 Å². The van der Waals surface area contributed by atoms with Crippen molar-refractivity contribution in [1.29, 1.82) is 0 Å². The molecule has 2 unspecified atom stereocenters. The third kappa shape index (κ3) is 7.24. The van der Waals surface area contributed by atoms with E-state index in [-0.39, 0.29) is 6.42 Å². The highest BCUT2D eigenvalue weighted by molar-refractivity contribution is 7.89. The van der Waals surface area contributed by atoms with Gasteiger partial charge in [0.15, 0.2) is 0 Å². The Balaban J connectivity index is 4.18. The second-order valence-corrected chi connectivity index (χ2v) is 5.09. The summed E-state index contributed by atoms with van der Waals surface area (Å²) in [5.41, 5.74) is 0. The smallest absolute Gasteiger partial charge is 0.389 e. The molecule has 0 aromatic carbocycles. The lowest BCUT2D eigenvalue weighted by Gasteiger charge is -2.20. The summed E-state index contributed by atoms with van der Waals surface area (Å²) in [4.78, 5) is 0. The summed E-state index contributed by atoms with van der Waals surface area (Å²) in [7, 11) is 0. The van der Waals surface area contributed by atoms with Crippen molar-refractivity contribution in [3.05, 3.63) is 0 Å². The zero-order valence-corrected chi connectivity index (χ0v) is 9.45. The largest absolute Gasteiger partial charge is 0.598 e. The first-order valence-electron chi connectivity index (χ1n) is 4.63. The molecule has 0 saturated heterocycles. The highest BCUT2D eigenvalue weighted by Gasteiger charge is 2.33. The molecule has 0 amide bonds. The van der Waals surface area contributed by atoms with Gasteiger partial charge in [0.25, 0.3) is 0 Å². The maximum absolute atomic E-state index is 12.4. The molecule has 0 aliphatic carbocycles. The van der Waals surface area contributed by atoms with Crippen LogP contribution in [0.4, 0.5) is 22.0 Å². The molecule has 0 heterocycles. The first kappa shape index (κ1) is 15.9. The molecule has 0 bridgehead atoms. The van der Waals surface area contributed by atoms with E-state index in [2.05, 4.69) is 0 Å². The summed E-state index contributed by atoms with van der Waals surface area (Å²) >= 11 is -1.79. The minimum atomic E-state index is -4.45. The SMILES string of the molecule is CC(C[C@H](CCC(F)(F)F)C(F)F)[S+](N)[O-]. The fourth-order valence-electron chi connectivity index (χ4n) is 1.22. The van der Waals surface area contributed by atoms with Crippen molar-refractivity contribution in [1.82, 2.24) is 0 Å². The van der Waals surface area contributed by atoms with E-state index in [9.17, 15) is 26.5 Å². The number of hydrogen-bond acceptors (Lipinski definition) is 2. The molecular weight excluding hydrogens is 253 g/mol. The zero-order valence-electron chi connectivity index (χ0n) is 8.64. The van der Waals surface area contributed by atoms with Crippen LogP contribution in [0.15, 0.2) is 0 Å². The minimum absolute atomic E-state index is 0.267. The summed E-state index contributed by atoms with van der Waals surface area (Å²) in [6.45, 7) is 1.37. The molecule has 0 rings (SSSR count). The van der Waals surface area contributed by atoms with Gasteiger partial charge in [0.05, 0.1) is 0 Å². The molecule has 0 aliphatic heterocycles. The average molecular weight is 267 g/mol. The van der Waals surface area contributed by atoms with Crippen LogP contribution in [0.5, 0.6) is 0 Å². The van der Waals surface area contributed by atoms with Crippen LogP contribution in [0, 0.1) is 5.92 Å². The minimum Gasteiger partial charge on any atom is -0.598 e. The normalized spacial score (nSPS) is 18.6. The standard InChI is InChI=1S/C8H14F5NOS/c1-5(16(14)15)4-6(7(9)10)2-3-8(11,12)13/h5-7H,2-4,14H2,1H3/t5?,6-,16?/m0/s1. The fourth-order valence-corrected chi connectivity index (χ4v) is 1.65. The van der Waals surface area contributed by atoms with Gasteiger partial charge in [-0.15, -0.1) is 0 Å². The molecule has 98 valence electrons. The highest BCUT2D eigenvalue weighted by atomic mass is 32.2. The summed E-state index contributed by atoms with van der Waals surface area (Å²) in [6, 6.07) is 0. The Bertz CT molecular complexity index is 199.